The van der Waals surface area contributed by atoms with Crippen LogP contribution in [0.3, 0.4) is 0 Å². The lowest BCUT2D eigenvalue weighted by Gasteiger charge is -2.34. The summed E-state index contributed by atoms with van der Waals surface area (Å²) >= 11 is 0. The van der Waals surface area contributed by atoms with Crippen molar-refractivity contribution in [2.45, 2.75) is 44.7 Å². The van der Waals surface area contributed by atoms with Crippen molar-refractivity contribution in [2.75, 3.05) is 33.9 Å². The number of aliphatic hydroxyl groups excluding tert-OH is 1. The van der Waals surface area contributed by atoms with Gasteiger partial charge in [0.05, 0.1) is 20.3 Å². The van der Waals surface area contributed by atoms with Gasteiger partial charge in [-0.1, -0.05) is 31.4 Å². The number of likely N-dealkylation sites (N-methyl/N-ethyl adjacent to an activating group) is 1. The first-order valence-corrected chi connectivity index (χ1v) is 8.86. The Kier molecular flexibility index (Phi) is 7.53. The van der Waals surface area contributed by atoms with Crippen molar-refractivity contribution >= 4 is 5.91 Å². The highest BCUT2D eigenvalue weighted by molar-refractivity contribution is 5.78. The maximum atomic E-state index is 12.6. The molecule has 0 unspecified atom stereocenters. The molecule has 1 aromatic carbocycles. The molecule has 0 spiro atoms. The molecule has 0 aromatic heterocycles. The van der Waals surface area contributed by atoms with Crippen molar-refractivity contribution < 1.29 is 14.6 Å². The van der Waals surface area contributed by atoms with Crippen LogP contribution in [0.1, 0.15) is 37.7 Å². The Morgan fingerprint density at radius 1 is 1.21 bits per heavy atom. The van der Waals surface area contributed by atoms with Crippen LogP contribution in [0.5, 0.6) is 5.75 Å². The second kappa shape index (κ2) is 9.64. The van der Waals surface area contributed by atoms with Crippen molar-refractivity contribution in [1.29, 1.82) is 0 Å². The van der Waals surface area contributed by atoms with E-state index in [1.54, 1.807) is 12.0 Å². The quantitative estimate of drug-likeness (QED) is 0.792. The Morgan fingerprint density at radius 2 is 1.88 bits per heavy atom. The number of carbonyl (C=O) groups is 1. The minimum Gasteiger partial charge on any atom is -0.497 e. The van der Waals surface area contributed by atoms with Crippen LogP contribution in [0.2, 0.25) is 0 Å². The van der Waals surface area contributed by atoms with Gasteiger partial charge in [0.25, 0.3) is 0 Å². The Morgan fingerprint density at radius 3 is 2.46 bits per heavy atom. The van der Waals surface area contributed by atoms with Crippen LogP contribution in [0.15, 0.2) is 24.3 Å². The molecule has 1 aliphatic rings. The second-order valence-corrected chi connectivity index (χ2v) is 6.58. The molecule has 0 atom stereocenters. The highest BCUT2D eigenvalue weighted by Gasteiger charge is 2.23. The molecule has 1 aromatic rings. The molecule has 0 aliphatic heterocycles. The molecule has 5 heteroatoms. The Bertz CT molecular complexity index is 498. The standard InChI is InChI=1S/C19H30N2O3/c1-20(14-16-8-10-18(24-2)11-9-16)19(23)15-21(12-13-22)17-6-4-3-5-7-17/h8-11,17,22H,3-7,12-15H2,1-2H3. The summed E-state index contributed by atoms with van der Waals surface area (Å²) in [6.45, 7) is 1.65. The van der Waals surface area contributed by atoms with Crippen LogP contribution in [-0.2, 0) is 11.3 Å². The number of aliphatic hydroxyl groups is 1. The number of hydrogen-bond donors (Lipinski definition) is 1. The van der Waals surface area contributed by atoms with Gasteiger partial charge in [-0.25, -0.2) is 0 Å². The number of amides is 1. The van der Waals surface area contributed by atoms with Gasteiger partial charge < -0.3 is 14.7 Å². The molecule has 134 valence electrons. The number of carbonyl (C=O) groups excluding carboxylic acids is 1. The number of nitrogens with zero attached hydrogens (tertiary/aromatic N) is 2. The maximum Gasteiger partial charge on any atom is 0.236 e. The van der Waals surface area contributed by atoms with Crippen LogP contribution in [-0.4, -0.2) is 60.7 Å². The van der Waals surface area contributed by atoms with E-state index in [1.807, 2.05) is 31.3 Å². The van der Waals surface area contributed by atoms with Gasteiger partial charge in [-0.3, -0.25) is 9.69 Å². The SMILES string of the molecule is COc1ccc(CN(C)C(=O)CN(CCO)C2CCCCC2)cc1. The molecule has 1 aliphatic carbocycles. The van der Waals surface area contributed by atoms with Gasteiger partial charge in [0.1, 0.15) is 5.75 Å². The number of ether oxygens (including phenoxy) is 1. The second-order valence-electron chi connectivity index (χ2n) is 6.58. The zero-order valence-electron chi connectivity index (χ0n) is 14.9. The molecule has 2 rings (SSSR count). The Balaban J connectivity index is 1.89. The van der Waals surface area contributed by atoms with E-state index in [4.69, 9.17) is 4.74 Å². The van der Waals surface area contributed by atoms with Gasteiger partial charge in [-0.15, -0.1) is 0 Å². The average molecular weight is 334 g/mol. The first-order valence-electron chi connectivity index (χ1n) is 8.86. The van der Waals surface area contributed by atoms with Crippen molar-refractivity contribution in [2.24, 2.45) is 0 Å². The van der Waals surface area contributed by atoms with Gasteiger partial charge in [-0.2, -0.15) is 0 Å². The number of methoxy groups -OCH3 is 1. The third-order valence-corrected chi connectivity index (χ3v) is 4.82. The summed E-state index contributed by atoms with van der Waals surface area (Å²) in [6.07, 6.45) is 6.00. The van der Waals surface area contributed by atoms with E-state index in [-0.39, 0.29) is 12.5 Å². The summed E-state index contributed by atoms with van der Waals surface area (Å²) in [5.74, 6) is 0.920. The molecular formula is C19H30N2O3. The minimum atomic E-state index is 0.102. The van der Waals surface area contributed by atoms with Gasteiger partial charge in [0.15, 0.2) is 0 Å². The molecule has 1 N–H and O–H groups in total. The molecule has 0 heterocycles. The lowest BCUT2D eigenvalue weighted by atomic mass is 9.94. The largest absolute Gasteiger partial charge is 0.497 e. The molecule has 24 heavy (non-hydrogen) atoms. The molecule has 5 nitrogen and oxygen atoms in total. The van der Waals surface area contributed by atoms with Crippen molar-refractivity contribution in [3.63, 3.8) is 0 Å². The zero-order valence-corrected chi connectivity index (χ0v) is 14.9. The molecule has 1 fully saturated rings. The lowest BCUT2D eigenvalue weighted by molar-refractivity contribution is -0.132. The summed E-state index contributed by atoms with van der Waals surface area (Å²) in [5.41, 5.74) is 1.08. The highest BCUT2D eigenvalue weighted by Crippen LogP contribution is 2.22. The predicted molar refractivity (Wildman–Crippen MR) is 95.0 cm³/mol. The smallest absolute Gasteiger partial charge is 0.236 e. The summed E-state index contributed by atoms with van der Waals surface area (Å²) in [5, 5.41) is 9.32. The van der Waals surface area contributed by atoms with Crippen molar-refractivity contribution in [1.82, 2.24) is 9.80 Å². The van der Waals surface area contributed by atoms with Gasteiger partial charge in [-0.05, 0) is 30.5 Å². The molecule has 1 amide bonds. The van der Waals surface area contributed by atoms with E-state index in [9.17, 15) is 9.90 Å². The monoisotopic (exact) mass is 334 g/mol. The zero-order chi connectivity index (χ0) is 17.4. The van der Waals surface area contributed by atoms with E-state index < -0.39 is 0 Å². The topological polar surface area (TPSA) is 53.0 Å². The third kappa shape index (κ3) is 5.49. The fourth-order valence-corrected chi connectivity index (χ4v) is 3.35. The summed E-state index contributed by atoms with van der Waals surface area (Å²) in [4.78, 5) is 16.5. The molecule has 0 radical (unpaired) electrons. The molecule has 0 saturated heterocycles. The highest BCUT2D eigenvalue weighted by atomic mass is 16.5. The first-order chi connectivity index (χ1) is 11.6. The fraction of sp³-hybridized carbons (Fsp3) is 0.632. The van der Waals surface area contributed by atoms with Crippen molar-refractivity contribution in [3.8, 4) is 5.75 Å². The van der Waals surface area contributed by atoms with Crippen LogP contribution >= 0.6 is 0 Å². The van der Waals surface area contributed by atoms with Crippen LogP contribution in [0.25, 0.3) is 0 Å². The number of hydrogen-bond acceptors (Lipinski definition) is 4. The van der Waals surface area contributed by atoms with E-state index >= 15 is 0 Å². The first kappa shape index (κ1) is 18.7. The lowest BCUT2D eigenvalue weighted by Crippen LogP contribution is -2.45. The summed E-state index contributed by atoms with van der Waals surface area (Å²) < 4.78 is 5.16. The Labute approximate surface area is 145 Å². The number of benzene rings is 1. The normalized spacial score (nSPS) is 15.5. The summed E-state index contributed by atoms with van der Waals surface area (Å²) in [6, 6.07) is 8.22. The maximum absolute atomic E-state index is 12.6. The molecule has 0 bridgehead atoms. The van der Waals surface area contributed by atoms with Gasteiger partial charge in [0, 0.05) is 26.2 Å². The number of rotatable bonds is 8. The van der Waals surface area contributed by atoms with Gasteiger partial charge in [0.2, 0.25) is 5.91 Å². The fourth-order valence-electron chi connectivity index (χ4n) is 3.35. The van der Waals surface area contributed by atoms with E-state index in [0.29, 0.717) is 25.7 Å². The van der Waals surface area contributed by atoms with Crippen LogP contribution in [0.4, 0.5) is 0 Å². The third-order valence-electron chi connectivity index (χ3n) is 4.82. The van der Waals surface area contributed by atoms with Crippen LogP contribution in [0, 0.1) is 0 Å². The average Bonchev–Trinajstić information content (AvgIpc) is 2.62. The van der Waals surface area contributed by atoms with E-state index in [2.05, 4.69) is 4.90 Å². The van der Waals surface area contributed by atoms with E-state index in [1.165, 1.54) is 19.3 Å². The molecular weight excluding hydrogens is 304 g/mol. The molecule has 1 saturated carbocycles. The van der Waals surface area contributed by atoms with E-state index in [0.717, 1.165) is 24.2 Å². The summed E-state index contributed by atoms with van der Waals surface area (Å²) in [7, 11) is 3.48. The minimum absolute atomic E-state index is 0.102. The van der Waals surface area contributed by atoms with Crippen molar-refractivity contribution in [3.05, 3.63) is 29.8 Å². The van der Waals surface area contributed by atoms with Gasteiger partial charge >= 0.3 is 0 Å². The van der Waals surface area contributed by atoms with Crippen LogP contribution < -0.4 is 4.74 Å². The predicted octanol–water partition coefficient (Wildman–Crippen LogP) is 2.28. The Hall–Kier alpha value is -1.59.